The second kappa shape index (κ2) is 8.55. The van der Waals surface area contributed by atoms with Gasteiger partial charge in [-0.15, -0.1) is 6.42 Å². The molecule has 5 nitrogen and oxygen atoms in total. The average molecular weight is 362 g/mol. The van der Waals surface area contributed by atoms with Crippen LogP contribution in [-0.2, 0) is 4.79 Å². The zero-order valence-electron chi connectivity index (χ0n) is 14.3. The van der Waals surface area contributed by atoms with Crippen molar-refractivity contribution in [3.63, 3.8) is 0 Å². The van der Waals surface area contributed by atoms with Gasteiger partial charge in [0, 0.05) is 24.8 Å². The molecule has 6 heteroatoms. The number of ether oxygens (including phenoxy) is 1. The van der Waals surface area contributed by atoms with Crippen molar-refractivity contribution in [3.8, 4) is 18.2 Å². The highest BCUT2D eigenvalue weighted by Crippen LogP contribution is 2.23. The van der Waals surface area contributed by atoms with Crippen molar-refractivity contribution >= 4 is 17.5 Å². The number of hydrogen-bond acceptors (Lipinski definition) is 4. The largest absolute Gasteiger partial charge is 0.474 e. The van der Waals surface area contributed by atoms with Gasteiger partial charge in [0.15, 0.2) is 0 Å². The lowest BCUT2D eigenvalue weighted by molar-refractivity contribution is -0.130. The summed E-state index contributed by atoms with van der Waals surface area (Å²) in [5, 5.41) is 3.99. The van der Waals surface area contributed by atoms with Crippen molar-refractivity contribution in [1.29, 1.82) is 0 Å². The number of hydrogen-bond donors (Lipinski definition) is 1. The Hall–Kier alpha value is -1.77. The van der Waals surface area contributed by atoms with Gasteiger partial charge in [0.25, 0.3) is 0 Å². The summed E-state index contributed by atoms with van der Waals surface area (Å²) >= 11 is 5.83. The molecule has 1 aromatic rings. The smallest absolute Gasteiger partial charge is 0.237 e. The first-order valence-electron chi connectivity index (χ1n) is 8.93. The first-order valence-corrected chi connectivity index (χ1v) is 9.30. The molecule has 1 aliphatic carbocycles. The van der Waals surface area contributed by atoms with E-state index in [4.69, 9.17) is 22.8 Å². The Morgan fingerprint density at radius 3 is 2.84 bits per heavy atom. The highest BCUT2D eigenvalue weighted by Gasteiger charge is 2.28. The molecule has 2 fully saturated rings. The summed E-state index contributed by atoms with van der Waals surface area (Å²) < 4.78 is 5.90. The first-order chi connectivity index (χ1) is 12.2. The lowest BCUT2D eigenvalue weighted by atomic mass is 9.93. The van der Waals surface area contributed by atoms with E-state index in [9.17, 15) is 4.79 Å². The lowest BCUT2D eigenvalue weighted by Crippen LogP contribution is -2.45. The van der Waals surface area contributed by atoms with E-state index in [1.54, 1.807) is 18.3 Å². The number of amides is 1. The van der Waals surface area contributed by atoms with Gasteiger partial charge in [0.1, 0.15) is 6.10 Å². The zero-order chi connectivity index (χ0) is 17.6. The number of carbonyl (C=O) groups excluding carboxylic acids is 1. The predicted octanol–water partition coefficient (Wildman–Crippen LogP) is 2.64. The standard InChI is InChI=1S/C19H24ClN3O2/c1-2-16-4-3-11-23(16)19(24)13-21-15-6-8-17(9-7-15)25-18-10-5-14(20)12-22-18/h1,5,10,12,15-17,21H,3-4,6-9,11,13H2/t15?,16-,17?/m0/s1. The van der Waals surface area contributed by atoms with Crippen LogP contribution in [0.25, 0.3) is 0 Å². The second-order valence-electron chi connectivity index (χ2n) is 6.70. The Kier molecular flexibility index (Phi) is 6.17. The summed E-state index contributed by atoms with van der Waals surface area (Å²) in [6, 6.07) is 3.91. The molecular weight excluding hydrogens is 338 g/mol. The van der Waals surface area contributed by atoms with Crippen LogP contribution in [0.5, 0.6) is 5.88 Å². The third kappa shape index (κ3) is 4.87. The van der Waals surface area contributed by atoms with E-state index in [0.717, 1.165) is 45.1 Å². The fraction of sp³-hybridized carbons (Fsp3) is 0.579. The molecule has 1 aliphatic heterocycles. The number of rotatable bonds is 5. The number of aromatic nitrogens is 1. The van der Waals surface area contributed by atoms with Gasteiger partial charge >= 0.3 is 0 Å². The van der Waals surface area contributed by atoms with Crippen molar-refractivity contribution in [2.45, 2.75) is 56.7 Å². The normalized spacial score (nSPS) is 26.2. The van der Waals surface area contributed by atoms with Crippen LogP contribution < -0.4 is 10.1 Å². The summed E-state index contributed by atoms with van der Waals surface area (Å²) in [6.45, 7) is 1.15. The summed E-state index contributed by atoms with van der Waals surface area (Å²) in [6.07, 6.45) is 13.1. The minimum Gasteiger partial charge on any atom is -0.474 e. The molecule has 1 aromatic heterocycles. The van der Waals surface area contributed by atoms with Gasteiger partial charge in [-0.1, -0.05) is 17.5 Å². The van der Waals surface area contributed by atoms with E-state index < -0.39 is 0 Å². The fourth-order valence-corrected chi connectivity index (χ4v) is 3.67. The van der Waals surface area contributed by atoms with Crippen LogP contribution in [0.2, 0.25) is 5.02 Å². The molecule has 1 saturated carbocycles. The molecule has 0 spiro atoms. The topological polar surface area (TPSA) is 54.5 Å². The Bertz CT molecular complexity index is 621. The van der Waals surface area contributed by atoms with E-state index in [1.165, 1.54) is 0 Å². The van der Waals surface area contributed by atoms with Crippen LogP contribution in [-0.4, -0.2) is 47.1 Å². The Labute approximate surface area is 154 Å². The molecule has 0 bridgehead atoms. The van der Waals surface area contributed by atoms with Gasteiger partial charge in [-0.3, -0.25) is 4.79 Å². The average Bonchev–Trinajstić information content (AvgIpc) is 3.12. The molecule has 1 N–H and O–H groups in total. The number of nitrogens with zero attached hydrogens (tertiary/aromatic N) is 2. The van der Waals surface area contributed by atoms with Gasteiger partial charge < -0.3 is 15.0 Å². The summed E-state index contributed by atoms with van der Waals surface area (Å²) in [7, 11) is 0. The molecule has 2 aliphatic rings. The minimum atomic E-state index is -0.0229. The van der Waals surface area contributed by atoms with Crippen LogP contribution >= 0.6 is 11.6 Å². The van der Waals surface area contributed by atoms with Crippen molar-refractivity contribution in [2.24, 2.45) is 0 Å². The van der Waals surface area contributed by atoms with Crippen molar-refractivity contribution in [3.05, 3.63) is 23.4 Å². The highest BCUT2D eigenvalue weighted by atomic mass is 35.5. The predicted molar refractivity (Wildman–Crippen MR) is 97.5 cm³/mol. The molecule has 0 aromatic carbocycles. The van der Waals surface area contributed by atoms with E-state index in [0.29, 0.717) is 23.5 Å². The molecule has 3 rings (SSSR count). The number of pyridine rings is 1. The molecule has 1 atom stereocenters. The molecule has 0 radical (unpaired) electrons. The van der Waals surface area contributed by atoms with E-state index in [2.05, 4.69) is 16.2 Å². The fourth-order valence-electron chi connectivity index (χ4n) is 3.56. The van der Waals surface area contributed by atoms with E-state index in [-0.39, 0.29) is 18.1 Å². The van der Waals surface area contributed by atoms with Gasteiger partial charge in [0.2, 0.25) is 11.8 Å². The summed E-state index contributed by atoms with van der Waals surface area (Å²) in [5.74, 6) is 3.44. The van der Waals surface area contributed by atoms with Crippen LogP contribution in [0.4, 0.5) is 0 Å². The molecule has 1 saturated heterocycles. The van der Waals surface area contributed by atoms with Gasteiger partial charge in [-0.05, 0) is 44.6 Å². The van der Waals surface area contributed by atoms with Gasteiger partial charge in [-0.25, -0.2) is 4.98 Å². The van der Waals surface area contributed by atoms with Crippen LogP contribution in [0.15, 0.2) is 18.3 Å². The Balaban J connectivity index is 1.38. The Morgan fingerprint density at radius 1 is 1.36 bits per heavy atom. The van der Waals surface area contributed by atoms with Crippen LogP contribution in [0, 0.1) is 12.3 Å². The number of nitrogens with one attached hydrogen (secondary N) is 1. The molecule has 134 valence electrons. The Morgan fingerprint density at radius 2 is 2.16 bits per heavy atom. The quantitative estimate of drug-likeness (QED) is 0.819. The minimum absolute atomic E-state index is 0.0229. The number of carbonyl (C=O) groups is 1. The molecule has 0 unspecified atom stereocenters. The SMILES string of the molecule is C#C[C@H]1CCCN1C(=O)CNC1CCC(Oc2ccc(Cl)cn2)CC1. The molecule has 2 heterocycles. The maximum atomic E-state index is 12.3. The van der Waals surface area contributed by atoms with Crippen molar-refractivity contribution < 1.29 is 9.53 Å². The number of halogens is 1. The number of terminal acetylenes is 1. The van der Waals surface area contributed by atoms with Crippen LogP contribution in [0.1, 0.15) is 38.5 Å². The maximum Gasteiger partial charge on any atom is 0.237 e. The first kappa shape index (κ1) is 18.0. The third-order valence-corrected chi connectivity index (χ3v) is 5.19. The lowest BCUT2D eigenvalue weighted by Gasteiger charge is -2.30. The van der Waals surface area contributed by atoms with Crippen molar-refractivity contribution in [2.75, 3.05) is 13.1 Å². The monoisotopic (exact) mass is 361 g/mol. The maximum absolute atomic E-state index is 12.3. The second-order valence-corrected chi connectivity index (χ2v) is 7.14. The molecule has 25 heavy (non-hydrogen) atoms. The van der Waals surface area contributed by atoms with E-state index in [1.807, 2.05) is 4.90 Å². The summed E-state index contributed by atoms with van der Waals surface area (Å²) in [4.78, 5) is 18.3. The highest BCUT2D eigenvalue weighted by molar-refractivity contribution is 6.30. The van der Waals surface area contributed by atoms with Gasteiger partial charge in [0.05, 0.1) is 17.6 Å². The van der Waals surface area contributed by atoms with E-state index >= 15 is 0 Å². The zero-order valence-corrected chi connectivity index (χ0v) is 15.0. The summed E-state index contributed by atoms with van der Waals surface area (Å²) in [5.41, 5.74) is 0. The van der Waals surface area contributed by atoms with Gasteiger partial charge in [-0.2, -0.15) is 0 Å². The molecular formula is C19H24ClN3O2. The van der Waals surface area contributed by atoms with Crippen molar-refractivity contribution in [1.82, 2.24) is 15.2 Å². The third-order valence-electron chi connectivity index (χ3n) is 4.97. The number of likely N-dealkylation sites (tertiary alicyclic amines) is 1. The van der Waals surface area contributed by atoms with Crippen LogP contribution in [0.3, 0.4) is 0 Å². The molecule has 1 amide bonds.